The standard InChI is InChI=1S/C49H83NO13/c1-5-9-11-13-15-25-57-42(51)20-17-22-44(53)60-35-49(38-63-47(56)59-27-19-24-50(7-3)8-4,36-61-45(54)23-18-21-43(52)58-26-16-14-12-10-6-2)37-62-46(55)34-48-31-39-28-40(32-48)30-41(29-39)33-48/h39-41H,5-38H2,1-4H3. The van der Waals surface area contributed by atoms with Crippen molar-refractivity contribution in [2.24, 2.45) is 28.6 Å². The van der Waals surface area contributed by atoms with Gasteiger partial charge in [-0.05, 0) is 107 Å². The molecule has 0 N–H and O–H groups in total. The van der Waals surface area contributed by atoms with Crippen LogP contribution in [0.3, 0.4) is 0 Å². The second kappa shape index (κ2) is 30.7. The van der Waals surface area contributed by atoms with Crippen molar-refractivity contribution in [2.75, 3.05) is 65.9 Å². The van der Waals surface area contributed by atoms with Crippen LogP contribution in [-0.4, -0.2) is 107 Å². The van der Waals surface area contributed by atoms with Crippen LogP contribution in [0.5, 0.6) is 0 Å². The SMILES string of the molecule is CCCCCCCOC(=O)CCCC(=O)OCC(COC(=O)CCCC(=O)OCCCCCCC)(COC(=O)CC12CC3CC(CC(C3)C1)C2)COC(=O)OCCCN(CC)CC. The predicted octanol–water partition coefficient (Wildman–Crippen LogP) is 9.46. The van der Waals surface area contributed by atoms with E-state index in [4.69, 9.17) is 33.2 Å². The van der Waals surface area contributed by atoms with Crippen molar-refractivity contribution in [3.63, 3.8) is 0 Å². The fourth-order valence-corrected chi connectivity index (χ4v) is 9.88. The predicted molar refractivity (Wildman–Crippen MR) is 237 cm³/mol. The van der Waals surface area contributed by atoms with Gasteiger partial charge in [0.15, 0.2) is 0 Å². The molecule has 0 spiro atoms. The number of carbonyl (C=O) groups is 6. The normalized spacial score (nSPS) is 20.0. The van der Waals surface area contributed by atoms with Crippen molar-refractivity contribution >= 4 is 36.0 Å². The highest BCUT2D eigenvalue weighted by molar-refractivity contribution is 5.73. The highest BCUT2D eigenvalue weighted by Crippen LogP contribution is 2.61. The molecular weight excluding hydrogens is 811 g/mol. The molecule has 0 aromatic carbocycles. The van der Waals surface area contributed by atoms with E-state index in [0.717, 1.165) is 103 Å². The lowest BCUT2D eigenvalue weighted by Gasteiger charge is -2.56. The van der Waals surface area contributed by atoms with E-state index in [2.05, 4.69) is 32.6 Å². The summed E-state index contributed by atoms with van der Waals surface area (Å²) in [6.45, 7) is 10.1. The van der Waals surface area contributed by atoms with E-state index in [1.54, 1.807) is 0 Å². The first-order chi connectivity index (χ1) is 30.4. The molecule has 0 heterocycles. The molecule has 4 saturated carbocycles. The number of unbranched alkanes of at least 4 members (excludes halogenated alkanes) is 8. The number of nitrogens with zero attached hydrogens (tertiary/aromatic N) is 1. The molecule has 4 aliphatic carbocycles. The lowest BCUT2D eigenvalue weighted by molar-refractivity contribution is -0.168. The Bertz CT molecular complexity index is 1280. The van der Waals surface area contributed by atoms with Crippen LogP contribution in [0.15, 0.2) is 0 Å². The minimum atomic E-state index is -1.48. The highest BCUT2D eigenvalue weighted by atomic mass is 16.7. The fraction of sp³-hybridized carbons (Fsp3) is 0.878. The first-order valence-electron chi connectivity index (χ1n) is 24.7. The summed E-state index contributed by atoms with van der Waals surface area (Å²) >= 11 is 0. The van der Waals surface area contributed by atoms with Crippen molar-refractivity contribution < 1.29 is 61.9 Å². The number of rotatable bonds is 36. The van der Waals surface area contributed by atoms with Crippen LogP contribution >= 0.6 is 0 Å². The van der Waals surface area contributed by atoms with Gasteiger partial charge < -0.3 is 38.1 Å². The third-order valence-electron chi connectivity index (χ3n) is 13.1. The van der Waals surface area contributed by atoms with Crippen LogP contribution in [0.4, 0.5) is 4.79 Å². The Kier molecular flexibility index (Phi) is 26.2. The molecule has 362 valence electrons. The summed E-state index contributed by atoms with van der Waals surface area (Å²) in [5, 5.41) is 0. The van der Waals surface area contributed by atoms with Crippen molar-refractivity contribution in [1.29, 1.82) is 0 Å². The number of hydrogen-bond acceptors (Lipinski definition) is 14. The minimum Gasteiger partial charge on any atom is -0.466 e. The molecule has 4 fully saturated rings. The zero-order chi connectivity index (χ0) is 45.8. The summed E-state index contributed by atoms with van der Waals surface area (Å²) in [6, 6.07) is 0. The lowest BCUT2D eigenvalue weighted by atomic mass is 9.49. The maximum absolute atomic E-state index is 13.7. The molecular formula is C49H83NO13. The van der Waals surface area contributed by atoms with Crippen molar-refractivity contribution in [3.8, 4) is 0 Å². The van der Waals surface area contributed by atoms with E-state index in [-0.39, 0.29) is 75.5 Å². The minimum absolute atomic E-state index is 0.0461. The van der Waals surface area contributed by atoms with Gasteiger partial charge >= 0.3 is 36.0 Å². The van der Waals surface area contributed by atoms with Crippen molar-refractivity contribution in [1.82, 2.24) is 4.90 Å². The summed E-state index contributed by atoms with van der Waals surface area (Å²) in [7, 11) is 0. The maximum Gasteiger partial charge on any atom is 0.508 e. The zero-order valence-electron chi connectivity index (χ0n) is 39.5. The molecule has 14 heteroatoms. The van der Waals surface area contributed by atoms with Crippen LogP contribution in [0.2, 0.25) is 0 Å². The molecule has 4 rings (SSSR count). The van der Waals surface area contributed by atoms with Gasteiger partial charge in [0, 0.05) is 32.2 Å². The number of carbonyl (C=O) groups excluding carboxylic acids is 6. The van der Waals surface area contributed by atoms with Gasteiger partial charge in [0.2, 0.25) is 0 Å². The van der Waals surface area contributed by atoms with Crippen molar-refractivity contribution in [2.45, 2.75) is 182 Å². The topological polar surface area (TPSA) is 170 Å². The van der Waals surface area contributed by atoms with Crippen LogP contribution < -0.4 is 0 Å². The van der Waals surface area contributed by atoms with E-state index < -0.39 is 49.3 Å². The Morgan fingerprint density at radius 3 is 1.30 bits per heavy atom. The second-order valence-electron chi connectivity index (χ2n) is 18.8. The molecule has 0 unspecified atom stereocenters. The smallest absolute Gasteiger partial charge is 0.466 e. The summed E-state index contributed by atoms with van der Waals surface area (Å²) in [4.78, 5) is 79.7. The van der Waals surface area contributed by atoms with E-state index in [9.17, 15) is 28.8 Å². The van der Waals surface area contributed by atoms with E-state index >= 15 is 0 Å². The van der Waals surface area contributed by atoms with E-state index in [0.29, 0.717) is 37.4 Å². The fourth-order valence-electron chi connectivity index (χ4n) is 9.88. The monoisotopic (exact) mass is 894 g/mol. The van der Waals surface area contributed by atoms with Crippen LogP contribution in [0, 0.1) is 28.6 Å². The Hall–Kier alpha value is -3.42. The average Bonchev–Trinajstić information content (AvgIpc) is 3.25. The van der Waals surface area contributed by atoms with Crippen LogP contribution in [0.25, 0.3) is 0 Å². The van der Waals surface area contributed by atoms with E-state index in [1.807, 2.05) is 0 Å². The van der Waals surface area contributed by atoms with Gasteiger partial charge in [-0.15, -0.1) is 0 Å². The Morgan fingerprint density at radius 1 is 0.460 bits per heavy atom. The van der Waals surface area contributed by atoms with Gasteiger partial charge in [-0.2, -0.15) is 0 Å². The van der Waals surface area contributed by atoms with Gasteiger partial charge in [-0.3, -0.25) is 24.0 Å². The number of ether oxygens (including phenoxy) is 7. The van der Waals surface area contributed by atoms with Crippen LogP contribution in [0.1, 0.15) is 182 Å². The summed E-state index contributed by atoms with van der Waals surface area (Å²) in [6.07, 6.45) is 17.3. The van der Waals surface area contributed by atoms with Gasteiger partial charge in [0.05, 0.1) is 26.2 Å². The third-order valence-corrected chi connectivity index (χ3v) is 13.1. The first kappa shape index (κ1) is 53.9. The largest absolute Gasteiger partial charge is 0.508 e. The quantitative estimate of drug-likeness (QED) is 0.0331. The molecule has 63 heavy (non-hydrogen) atoms. The lowest BCUT2D eigenvalue weighted by Crippen LogP contribution is -2.47. The molecule has 0 amide bonds. The van der Waals surface area contributed by atoms with Gasteiger partial charge in [-0.25, -0.2) is 4.79 Å². The van der Waals surface area contributed by atoms with Gasteiger partial charge in [-0.1, -0.05) is 79.1 Å². The molecule has 0 aromatic rings. The second-order valence-corrected chi connectivity index (χ2v) is 18.8. The van der Waals surface area contributed by atoms with Crippen molar-refractivity contribution in [3.05, 3.63) is 0 Å². The van der Waals surface area contributed by atoms with E-state index in [1.165, 1.54) is 19.3 Å². The Balaban J connectivity index is 1.65. The molecule has 4 bridgehead atoms. The molecule has 0 aliphatic heterocycles. The zero-order valence-corrected chi connectivity index (χ0v) is 39.5. The summed E-state index contributed by atoms with van der Waals surface area (Å²) < 4.78 is 39.0. The molecule has 0 aromatic heterocycles. The molecule has 0 saturated heterocycles. The van der Waals surface area contributed by atoms with Gasteiger partial charge in [0.25, 0.3) is 0 Å². The third kappa shape index (κ3) is 22.4. The summed E-state index contributed by atoms with van der Waals surface area (Å²) in [5.74, 6) is -0.489. The molecule has 0 atom stereocenters. The molecule has 0 radical (unpaired) electrons. The Morgan fingerprint density at radius 2 is 0.857 bits per heavy atom. The highest BCUT2D eigenvalue weighted by Gasteiger charge is 2.52. The van der Waals surface area contributed by atoms with Crippen LogP contribution in [-0.2, 0) is 57.1 Å². The van der Waals surface area contributed by atoms with Gasteiger partial charge in [0.1, 0.15) is 31.8 Å². The number of hydrogen-bond donors (Lipinski definition) is 0. The average molecular weight is 894 g/mol. The number of esters is 5. The molecule has 14 nitrogen and oxygen atoms in total. The first-order valence-corrected chi connectivity index (χ1v) is 24.7. The summed E-state index contributed by atoms with van der Waals surface area (Å²) in [5.41, 5.74) is -1.57. The maximum atomic E-state index is 13.7. The Labute approximate surface area is 378 Å². The molecule has 4 aliphatic rings.